The van der Waals surface area contributed by atoms with Gasteiger partial charge in [0.05, 0.1) is 13.3 Å². The van der Waals surface area contributed by atoms with Gasteiger partial charge < -0.3 is 15.2 Å². The predicted octanol–water partition coefficient (Wildman–Crippen LogP) is 2.00. The van der Waals surface area contributed by atoms with Gasteiger partial charge in [-0.2, -0.15) is 5.10 Å². The van der Waals surface area contributed by atoms with E-state index in [-0.39, 0.29) is 5.75 Å². The molecule has 1 aromatic carbocycles. The maximum absolute atomic E-state index is 9.65. The zero-order valence-corrected chi connectivity index (χ0v) is 12.0. The lowest BCUT2D eigenvalue weighted by Crippen LogP contribution is -2.32. The van der Waals surface area contributed by atoms with Gasteiger partial charge in [-0.1, -0.05) is 13.3 Å². The van der Waals surface area contributed by atoms with Gasteiger partial charge in [-0.25, -0.2) is 0 Å². The summed E-state index contributed by atoms with van der Waals surface area (Å²) < 4.78 is 5.07. The third-order valence-electron chi connectivity index (χ3n) is 2.42. The Balaban J connectivity index is 2.50. The van der Waals surface area contributed by atoms with Crippen LogP contribution in [0.2, 0.25) is 0 Å². The molecule has 0 saturated carbocycles. The lowest BCUT2D eigenvalue weighted by Gasteiger charge is -2.06. The maximum atomic E-state index is 9.65. The topological polar surface area (TPSA) is 65.9 Å². The normalized spacial score (nSPS) is 10.4. The summed E-state index contributed by atoms with van der Waals surface area (Å²) in [7, 11) is 1.57. The molecule has 0 fully saturated rings. The van der Waals surface area contributed by atoms with E-state index >= 15 is 0 Å². The Labute approximate surface area is 118 Å². The quantitative estimate of drug-likeness (QED) is 0.322. The number of rotatable bonds is 6. The first-order chi connectivity index (χ1) is 9.17. The van der Waals surface area contributed by atoms with Crippen LogP contribution < -0.4 is 15.5 Å². The molecule has 3 N–H and O–H groups in total. The summed E-state index contributed by atoms with van der Waals surface area (Å²) >= 11 is 5.04. The zero-order valence-electron chi connectivity index (χ0n) is 11.1. The highest BCUT2D eigenvalue weighted by Gasteiger charge is 2.00. The molecule has 0 bridgehead atoms. The second kappa shape index (κ2) is 8.31. The first kappa shape index (κ1) is 15.2. The molecular weight excluding hydrogens is 262 g/mol. The second-order valence-corrected chi connectivity index (χ2v) is 4.31. The number of thiocarbonyl (C=S) groups is 1. The summed E-state index contributed by atoms with van der Waals surface area (Å²) in [5.41, 5.74) is 3.25. The monoisotopic (exact) mass is 281 g/mol. The standard InChI is InChI=1S/C13H19N3O2S/c1-3-4-7-14-13(19)16-15-9-10-8-11(18-2)5-6-12(10)17/h5-6,8-9,17H,3-4,7H2,1-2H3,(H2,14,16,19). The Morgan fingerprint density at radius 1 is 1.53 bits per heavy atom. The van der Waals surface area contributed by atoms with E-state index in [9.17, 15) is 5.11 Å². The minimum Gasteiger partial charge on any atom is -0.507 e. The molecule has 0 saturated heterocycles. The number of hydrazone groups is 1. The van der Waals surface area contributed by atoms with Gasteiger partial charge in [-0.05, 0) is 36.8 Å². The Morgan fingerprint density at radius 2 is 2.32 bits per heavy atom. The highest BCUT2D eigenvalue weighted by molar-refractivity contribution is 7.80. The van der Waals surface area contributed by atoms with E-state index in [0.29, 0.717) is 16.4 Å². The van der Waals surface area contributed by atoms with Crippen LogP contribution in [0.5, 0.6) is 11.5 Å². The lowest BCUT2D eigenvalue weighted by atomic mass is 10.2. The Kier molecular flexibility index (Phi) is 6.67. The summed E-state index contributed by atoms with van der Waals surface area (Å²) in [5, 5.41) is 17.1. The number of ether oxygens (including phenoxy) is 1. The molecule has 5 nitrogen and oxygen atoms in total. The Hall–Kier alpha value is -1.82. The molecule has 0 aliphatic heterocycles. The lowest BCUT2D eigenvalue weighted by molar-refractivity contribution is 0.412. The van der Waals surface area contributed by atoms with Crippen LogP contribution in [0.25, 0.3) is 0 Å². The van der Waals surface area contributed by atoms with Crippen molar-refractivity contribution in [2.24, 2.45) is 5.10 Å². The fourth-order valence-corrected chi connectivity index (χ4v) is 1.50. The summed E-state index contributed by atoms with van der Waals surface area (Å²) in [4.78, 5) is 0. The largest absolute Gasteiger partial charge is 0.507 e. The van der Waals surface area contributed by atoms with Crippen LogP contribution in [0, 0.1) is 0 Å². The highest BCUT2D eigenvalue weighted by atomic mass is 32.1. The summed E-state index contributed by atoms with van der Waals surface area (Å²) in [6.45, 7) is 2.93. The molecule has 6 heteroatoms. The van der Waals surface area contributed by atoms with E-state index < -0.39 is 0 Å². The van der Waals surface area contributed by atoms with E-state index in [2.05, 4.69) is 22.8 Å². The molecule has 0 unspecified atom stereocenters. The molecule has 0 amide bonds. The van der Waals surface area contributed by atoms with Gasteiger partial charge in [0.1, 0.15) is 11.5 Å². The molecule has 0 radical (unpaired) electrons. The van der Waals surface area contributed by atoms with E-state index in [1.807, 2.05) is 0 Å². The third kappa shape index (κ3) is 5.56. The molecule has 0 aliphatic carbocycles. The SMILES string of the molecule is CCCCNC(=S)NN=Cc1cc(OC)ccc1O. The van der Waals surface area contributed by atoms with Crippen molar-refractivity contribution in [3.8, 4) is 11.5 Å². The van der Waals surface area contributed by atoms with Crippen LogP contribution in [0.15, 0.2) is 23.3 Å². The molecule has 0 atom stereocenters. The van der Waals surface area contributed by atoms with Crippen LogP contribution >= 0.6 is 12.2 Å². The minimum absolute atomic E-state index is 0.135. The predicted molar refractivity (Wildman–Crippen MR) is 80.9 cm³/mol. The minimum atomic E-state index is 0.135. The van der Waals surface area contributed by atoms with Gasteiger partial charge in [-0.3, -0.25) is 5.43 Å². The fraction of sp³-hybridized carbons (Fsp3) is 0.385. The van der Waals surface area contributed by atoms with Gasteiger partial charge in [0, 0.05) is 12.1 Å². The molecule has 1 aromatic rings. The molecule has 104 valence electrons. The van der Waals surface area contributed by atoms with Crippen LogP contribution in [0.1, 0.15) is 25.3 Å². The fourth-order valence-electron chi connectivity index (χ4n) is 1.34. The smallest absolute Gasteiger partial charge is 0.186 e. The van der Waals surface area contributed by atoms with Crippen molar-refractivity contribution in [1.29, 1.82) is 0 Å². The summed E-state index contributed by atoms with van der Waals surface area (Å²) in [6, 6.07) is 4.92. The molecule has 1 rings (SSSR count). The number of methoxy groups -OCH3 is 1. The van der Waals surface area contributed by atoms with Gasteiger partial charge in [0.2, 0.25) is 0 Å². The number of nitrogens with one attached hydrogen (secondary N) is 2. The third-order valence-corrected chi connectivity index (χ3v) is 2.66. The molecule has 0 heterocycles. The van der Waals surface area contributed by atoms with Crippen molar-refractivity contribution in [2.45, 2.75) is 19.8 Å². The number of nitrogens with zero attached hydrogens (tertiary/aromatic N) is 1. The average Bonchev–Trinajstić information content (AvgIpc) is 2.41. The number of benzene rings is 1. The summed E-state index contributed by atoms with van der Waals surface area (Å²) in [5.74, 6) is 0.791. The number of hydrogen-bond donors (Lipinski definition) is 3. The average molecular weight is 281 g/mol. The number of phenols is 1. The van der Waals surface area contributed by atoms with Gasteiger partial charge >= 0.3 is 0 Å². The number of phenolic OH excluding ortho intramolecular Hbond substituents is 1. The first-order valence-electron chi connectivity index (χ1n) is 6.11. The molecular formula is C13H19N3O2S. The van der Waals surface area contributed by atoms with E-state index in [4.69, 9.17) is 17.0 Å². The van der Waals surface area contributed by atoms with Gasteiger partial charge in [-0.15, -0.1) is 0 Å². The Morgan fingerprint density at radius 3 is 3.00 bits per heavy atom. The number of aromatic hydroxyl groups is 1. The highest BCUT2D eigenvalue weighted by Crippen LogP contribution is 2.20. The second-order valence-electron chi connectivity index (χ2n) is 3.90. The van der Waals surface area contributed by atoms with Crippen molar-refractivity contribution in [3.05, 3.63) is 23.8 Å². The van der Waals surface area contributed by atoms with Gasteiger partial charge in [0.15, 0.2) is 5.11 Å². The summed E-state index contributed by atoms with van der Waals surface area (Å²) in [6.07, 6.45) is 3.66. The van der Waals surface area contributed by atoms with Crippen molar-refractivity contribution in [3.63, 3.8) is 0 Å². The van der Waals surface area contributed by atoms with Crippen molar-refractivity contribution in [2.75, 3.05) is 13.7 Å². The molecule has 0 aromatic heterocycles. The molecule has 0 spiro atoms. The Bertz CT molecular complexity index is 450. The van der Waals surface area contributed by atoms with E-state index in [1.165, 1.54) is 6.21 Å². The van der Waals surface area contributed by atoms with Gasteiger partial charge in [0.25, 0.3) is 0 Å². The van der Waals surface area contributed by atoms with E-state index in [0.717, 1.165) is 19.4 Å². The van der Waals surface area contributed by atoms with Crippen molar-refractivity contribution >= 4 is 23.5 Å². The molecule has 0 aliphatic rings. The van der Waals surface area contributed by atoms with E-state index in [1.54, 1.807) is 25.3 Å². The first-order valence-corrected chi connectivity index (χ1v) is 6.52. The van der Waals surface area contributed by atoms with Crippen LogP contribution in [-0.4, -0.2) is 30.1 Å². The molecule has 19 heavy (non-hydrogen) atoms. The zero-order chi connectivity index (χ0) is 14.1. The number of hydrogen-bond acceptors (Lipinski definition) is 4. The number of unbranched alkanes of at least 4 members (excludes halogenated alkanes) is 1. The maximum Gasteiger partial charge on any atom is 0.186 e. The van der Waals surface area contributed by atoms with Crippen LogP contribution in [0.3, 0.4) is 0 Å². The van der Waals surface area contributed by atoms with Crippen LogP contribution in [-0.2, 0) is 0 Å². The van der Waals surface area contributed by atoms with Crippen molar-refractivity contribution in [1.82, 2.24) is 10.7 Å². The van der Waals surface area contributed by atoms with Crippen molar-refractivity contribution < 1.29 is 9.84 Å². The van der Waals surface area contributed by atoms with Crippen LogP contribution in [0.4, 0.5) is 0 Å².